The molecule has 28 heavy (non-hydrogen) atoms. The number of fused-ring (bicyclic) bond motifs is 1. The monoisotopic (exact) mass is 396 g/mol. The molecule has 5 nitrogen and oxygen atoms in total. The lowest BCUT2D eigenvalue weighted by molar-refractivity contribution is 0.0807. The van der Waals surface area contributed by atoms with Gasteiger partial charge in [-0.15, -0.1) is 11.3 Å². The van der Waals surface area contributed by atoms with Gasteiger partial charge in [0.05, 0.1) is 17.0 Å². The Hall–Kier alpha value is -2.60. The molecule has 1 amide bonds. The maximum absolute atomic E-state index is 12.2. The Kier molecular flexibility index (Phi) is 6.07. The van der Waals surface area contributed by atoms with Crippen molar-refractivity contribution >= 4 is 28.2 Å². The minimum Gasteiger partial charge on any atom is -0.493 e. The quantitative estimate of drug-likeness (QED) is 0.581. The average molecular weight is 397 g/mol. The number of hydrogen-bond acceptors (Lipinski definition) is 5. The van der Waals surface area contributed by atoms with Gasteiger partial charge in [-0.25, -0.2) is 4.79 Å². The van der Waals surface area contributed by atoms with Gasteiger partial charge in [-0.3, -0.25) is 4.98 Å². The first-order chi connectivity index (χ1) is 13.8. The predicted octanol–water partition coefficient (Wildman–Crippen LogP) is 5.11. The first-order valence-electron chi connectivity index (χ1n) is 9.69. The Labute approximate surface area is 168 Å². The Balaban J connectivity index is 1.20. The van der Waals surface area contributed by atoms with Crippen molar-refractivity contribution in [2.45, 2.75) is 25.9 Å². The molecule has 0 radical (unpaired) electrons. The van der Waals surface area contributed by atoms with Crippen molar-refractivity contribution in [1.29, 1.82) is 0 Å². The summed E-state index contributed by atoms with van der Waals surface area (Å²) >= 11 is 1.50. The topological polar surface area (TPSA) is 51.7 Å². The Morgan fingerprint density at radius 1 is 1.14 bits per heavy atom. The number of hydrogen-bond donors (Lipinski definition) is 0. The molecule has 1 aromatic heterocycles. The number of ether oxygens (including phenoxy) is 2. The van der Waals surface area contributed by atoms with Crippen LogP contribution in [0, 0.1) is 5.92 Å². The van der Waals surface area contributed by atoms with Gasteiger partial charge in [-0.05, 0) is 36.6 Å². The summed E-state index contributed by atoms with van der Waals surface area (Å²) in [4.78, 5) is 19.0. The van der Waals surface area contributed by atoms with Gasteiger partial charge in [0.2, 0.25) is 0 Å². The number of amides is 1. The molecule has 0 N–H and O–H groups in total. The van der Waals surface area contributed by atoms with E-state index in [0.717, 1.165) is 48.4 Å². The first kappa shape index (κ1) is 18.7. The highest BCUT2D eigenvalue weighted by molar-refractivity contribution is 7.09. The summed E-state index contributed by atoms with van der Waals surface area (Å²) in [7, 11) is 0. The van der Waals surface area contributed by atoms with Gasteiger partial charge < -0.3 is 14.4 Å². The summed E-state index contributed by atoms with van der Waals surface area (Å²) in [5, 5.41) is 2.36. The van der Waals surface area contributed by atoms with Crippen LogP contribution in [0.15, 0.2) is 54.2 Å². The van der Waals surface area contributed by atoms with E-state index in [1.807, 2.05) is 29.2 Å². The van der Waals surface area contributed by atoms with E-state index < -0.39 is 0 Å². The van der Waals surface area contributed by atoms with Crippen LogP contribution in [0.25, 0.3) is 10.8 Å². The third kappa shape index (κ3) is 4.62. The van der Waals surface area contributed by atoms with Gasteiger partial charge in [0.1, 0.15) is 12.4 Å². The number of aromatic nitrogens is 1. The lowest BCUT2D eigenvalue weighted by Gasteiger charge is -2.31. The summed E-state index contributed by atoms with van der Waals surface area (Å²) in [6, 6.07) is 14.5. The van der Waals surface area contributed by atoms with E-state index in [9.17, 15) is 4.79 Å². The minimum absolute atomic E-state index is 0.223. The summed E-state index contributed by atoms with van der Waals surface area (Å²) in [6.07, 6.45) is 4.51. The largest absolute Gasteiger partial charge is 0.493 e. The SMILES string of the molecule is O=C(OCc1cncs1)N1CCC(CCOc2cccc3ccccc23)CC1. The molecule has 1 aliphatic heterocycles. The predicted molar refractivity (Wildman–Crippen MR) is 111 cm³/mol. The molecule has 2 aromatic carbocycles. The van der Waals surface area contributed by atoms with E-state index in [1.54, 1.807) is 11.7 Å². The number of carbonyl (C=O) groups is 1. The normalized spacial score (nSPS) is 14.9. The maximum Gasteiger partial charge on any atom is 0.410 e. The van der Waals surface area contributed by atoms with Crippen molar-refractivity contribution < 1.29 is 14.3 Å². The second-order valence-electron chi connectivity index (χ2n) is 7.07. The molecule has 1 fully saturated rings. The van der Waals surface area contributed by atoms with Gasteiger partial charge in [0.15, 0.2) is 0 Å². The molecule has 0 bridgehead atoms. The zero-order valence-electron chi connectivity index (χ0n) is 15.8. The molecule has 2 heterocycles. The zero-order valence-corrected chi connectivity index (χ0v) is 16.6. The number of thiazole rings is 1. The summed E-state index contributed by atoms with van der Waals surface area (Å²) in [6.45, 7) is 2.51. The number of benzene rings is 2. The van der Waals surface area contributed by atoms with Crippen LogP contribution in [0.2, 0.25) is 0 Å². The molecule has 146 valence electrons. The van der Waals surface area contributed by atoms with Crippen LogP contribution in [0.5, 0.6) is 5.75 Å². The molecular formula is C22H24N2O3S. The third-order valence-corrected chi connectivity index (χ3v) is 5.98. The second-order valence-corrected chi connectivity index (χ2v) is 8.04. The van der Waals surface area contributed by atoms with Crippen molar-refractivity contribution in [3.8, 4) is 5.75 Å². The van der Waals surface area contributed by atoms with E-state index in [4.69, 9.17) is 9.47 Å². The van der Waals surface area contributed by atoms with Crippen molar-refractivity contribution in [3.05, 3.63) is 59.0 Å². The Bertz CT molecular complexity index is 900. The number of carbonyl (C=O) groups excluding carboxylic acids is 1. The molecule has 6 heteroatoms. The van der Waals surface area contributed by atoms with E-state index >= 15 is 0 Å². The molecule has 3 aromatic rings. The molecule has 4 rings (SSSR count). The summed E-state index contributed by atoms with van der Waals surface area (Å²) in [5.41, 5.74) is 1.75. The number of nitrogens with zero attached hydrogens (tertiary/aromatic N) is 2. The molecule has 0 spiro atoms. The first-order valence-corrected chi connectivity index (χ1v) is 10.6. The zero-order chi connectivity index (χ0) is 19.2. The number of rotatable bonds is 6. The Morgan fingerprint density at radius 3 is 2.79 bits per heavy atom. The standard InChI is InChI=1S/C22H24N2O3S/c25-22(27-15-19-14-23-16-28-19)24-11-8-17(9-12-24)10-13-26-21-7-3-5-18-4-1-2-6-20(18)21/h1-7,14,16-17H,8-13,15H2. The van der Waals surface area contributed by atoms with Crippen LogP contribution in [-0.2, 0) is 11.3 Å². The Morgan fingerprint density at radius 2 is 1.96 bits per heavy atom. The van der Waals surface area contributed by atoms with Crippen LogP contribution in [0.4, 0.5) is 4.79 Å². The second kappa shape index (κ2) is 9.06. The highest BCUT2D eigenvalue weighted by Crippen LogP contribution is 2.27. The van der Waals surface area contributed by atoms with Gasteiger partial charge in [-0.1, -0.05) is 36.4 Å². The van der Waals surface area contributed by atoms with Crippen molar-refractivity contribution in [2.24, 2.45) is 5.92 Å². The van der Waals surface area contributed by atoms with Crippen LogP contribution >= 0.6 is 11.3 Å². The van der Waals surface area contributed by atoms with E-state index in [1.165, 1.54) is 16.7 Å². The van der Waals surface area contributed by atoms with E-state index in [0.29, 0.717) is 19.1 Å². The van der Waals surface area contributed by atoms with Crippen LogP contribution < -0.4 is 4.74 Å². The fourth-order valence-electron chi connectivity index (χ4n) is 3.60. The van der Waals surface area contributed by atoms with E-state index in [-0.39, 0.29) is 6.09 Å². The van der Waals surface area contributed by atoms with Crippen molar-refractivity contribution in [2.75, 3.05) is 19.7 Å². The third-order valence-electron chi connectivity index (χ3n) is 5.23. The van der Waals surface area contributed by atoms with Gasteiger partial charge in [0.25, 0.3) is 0 Å². The number of piperidine rings is 1. The molecule has 1 saturated heterocycles. The van der Waals surface area contributed by atoms with Crippen LogP contribution in [-0.4, -0.2) is 35.7 Å². The molecule has 0 atom stereocenters. The maximum atomic E-state index is 12.2. The number of likely N-dealkylation sites (tertiary alicyclic amines) is 1. The van der Waals surface area contributed by atoms with Crippen molar-refractivity contribution in [3.63, 3.8) is 0 Å². The molecule has 0 aliphatic carbocycles. The molecular weight excluding hydrogens is 372 g/mol. The van der Waals surface area contributed by atoms with Crippen LogP contribution in [0.1, 0.15) is 24.1 Å². The van der Waals surface area contributed by atoms with E-state index in [2.05, 4.69) is 23.2 Å². The fraction of sp³-hybridized carbons (Fsp3) is 0.364. The lowest BCUT2D eigenvalue weighted by atomic mass is 9.94. The lowest BCUT2D eigenvalue weighted by Crippen LogP contribution is -2.39. The van der Waals surface area contributed by atoms with Crippen LogP contribution in [0.3, 0.4) is 0 Å². The molecule has 0 saturated carbocycles. The smallest absolute Gasteiger partial charge is 0.410 e. The van der Waals surface area contributed by atoms with Gasteiger partial charge >= 0.3 is 6.09 Å². The fourth-order valence-corrected chi connectivity index (χ4v) is 4.10. The molecule has 0 unspecified atom stereocenters. The van der Waals surface area contributed by atoms with Crippen molar-refractivity contribution in [1.82, 2.24) is 9.88 Å². The highest BCUT2D eigenvalue weighted by Gasteiger charge is 2.23. The highest BCUT2D eigenvalue weighted by atomic mass is 32.1. The minimum atomic E-state index is -0.223. The molecule has 1 aliphatic rings. The van der Waals surface area contributed by atoms with Gasteiger partial charge in [0, 0.05) is 24.7 Å². The summed E-state index contributed by atoms with van der Waals surface area (Å²) < 4.78 is 11.4. The van der Waals surface area contributed by atoms with Gasteiger partial charge in [-0.2, -0.15) is 0 Å². The summed E-state index contributed by atoms with van der Waals surface area (Å²) in [5.74, 6) is 1.53. The average Bonchev–Trinajstić information content (AvgIpc) is 3.26.